The molecule has 1 N–H and O–H groups in total. The molecule has 0 bridgehead atoms. The van der Waals surface area contributed by atoms with Crippen LogP contribution in [-0.4, -0.2) is 9.78 Å². The van der Waals surface area contributed by atoms with Crippen LogP contribution in [0.15, 0.2) is 24.3 Å². The van der Waals surface area contributed by atoms with E-state index in [1.807, 2.05) is 24.7 Å². The van der Waals surface area contributed by atoms with Crippen LogP contribution in [0.5, 0.6) is 0 Å². The van der Waals surface area contributed by atoms with Crippen molar-refractivity contribution >= 4 is 11.6 Å². The third kappa shape index (κ3) is 3.09. The van der Waals surface area contributed by atoms with E-state index in [9.17, 15) is 4.39 Å². The molecule has 2 aromatic rings. The number of aromatic nitrogens is 2. The minimum atomic E-state index is -0.314. The quantitative estimate of drug-likeness (QED) is 0.923. The average molecular weight is 268 g/mol. The largest absolute Gasteiger partial charge is 0.307 e. The van der Waals surface area contributed by atoms with E-state index in [1.165, 1.54) is 12.1 Å². The molecule has 1 heterocycles. The summed E-state index contributed by atoms with van der Waals surface area (Å²) in [6.07, 6.45) is 0. The van der Waals surface area contributed by atoms with Crippen LogP contribution in [0.4, 0.5) is 4.39 Å². The number of rotatable bonds is 4. The number of halogens is 2. The Morgan fingerprint density at radius 3 is 2.72 bits per heavy atom. The topological polar surface area (TPSA) is 29.9 Å². The standard InChI is InChI=1S/C13H15ClFN3/c1-9-5-12(18(2)17-9)8-16-7-10-3-4-11(15)6-13(10)14/h3-6,16H,7-8H2,1-2H3. The summed E-state index contributed by atoms with van der Waals surface area (Å²) < 4.78 is 14.7. The molecule has 0 radical (unpaired) electrons. The second-order valence-corrected chi connectivity index (χ2v) is 4.65. The molecule has 0 spiro atoms. The lowest BCUT2D eigenvalue weighted by Crippen LogP contribution is -2.15. The molecule has 5 heteroatoms. The maximum atomic E-state index is 12.9. The van der Waals surface area contributed by atoms with Gasteiger partial charge in [0.2, 0.25) is 0 Å². The van der Waals surface area contributed by atoms with Gasteiger partial charge in [0, 0.05) is 25.2 Å². The van der Waals surface area contributed by atoms with Crippen molar-refractivity contribution in [3.63, 3.8) is 0 Å². The Balaban J connectivity index is 1.94. The first-order valence-corrected chi connectivity index (χ1v) is 6.08. The summed E-state index contributed by atoms with van der Waals surface area (Å²) in [6.45, 7) is 3.26. The monoisotopic (exact) mass is 267 g/mol. The van der Waals surface area contributed by atoms with Crippen molar-refractivity contribution in [3.8, 4) is 0 Å². The van der Waals surface area contributed by atoms with Gasteiger partial charge in [-0.25, -0.2) is 4.39 Å². The third-order valence-corrected chi connectivity index (χ3v) is 3.09. The predicted octanol–water partition coefficient (Wildman–Crippen LogP) is 2.81. The molecular formula is C13H15ClFN3. The van der Waals surface area contributed by atoms with Crippen LogP contribution in [0.3, 0.4) is 0 Å². The molecule has 0 saturated carbocycles. The van der Waals surface area contributed by atoms with Crippen LogP contribution in [0.2, 0.25) is 5.02 Å². The van der Waals surface area contributed by atoms with E-state index in [0.717, 1.165) is 17.0 Å². The fourth-order valence-corrected chi connectivity index (χ4v) is 2.05. The lowest BCUT2D eigenvalue weighted by atomic mass is 10.2. The number of hydrogen-bond acceptors (Lipinski definition) is 2. The van der Waals surface area contributed by atoms with E-state index in [-0.39, 0.29) is 5.82 Å². The molecule has 0 aliphatic heterocycles. The minimum Gasteiger partial charge on any atom is -0.307 e. The van der Waals surface area contributed by atoms with E-state index in [0.29, 0.717) is 18.1 Å². The Kier molecular flexibility index (Phi) is 3.99. The summed E-state index contributed by atoms with van der Waals surface area (Å²) in [5.74, 6) is -0.314. The molecule has 2 rings (SSSR count). The highest BCUT2D eigenvalue weighted by Gasteiger charge is 2.04. The van der Waals surface area contributed by atoms with Crippen LogP contribution < -0.4 is 5.32 Å². The minimum absolute atomic E-state index is 0.314. The summed E-state index contributed by atoms with van der Waals surface area (Å²) in [7, 11) is 1.91. The summed E-state index contributed by atoms with van der Waals surface area (Å²) in [6, 6.07) is 6.46. The van der Waals surface area contributed by atoms with Gasteiger partial charge >= 0.3 is 0 Å². The summed E-state index contributed by atoms with van der Waals surface area (Å²) in [5, 5.41) is 7.98. The van der Waals surface area contributed by atoms with Crippen molar-refractivity contribution < 1.29 is 4.39 Å². The SMILES string of the molecule is Cc1cc(CNCc2ccc(F)cc2Cl)n(C)n1. The van der Waals surface area contributed by atoms with Gasteiger partial charge in [-0.15, -0.1) is 0 Å². The molecule has 0 aliphatic rings. The van der Waals surface area contributed by atoms with E-state index in [2.05, 4.69) is 10.4 Å². The van der Waals surface area contributed by atoms with Gasteiger partial charge < -0.3 is 5.32 Å². The number of nitrogens with zero attached hydrogens (tertiary/aromatic N) is 2. The van der Waals surface area contributed by atoms with Crippen molar-refractivity contribution in [2.75, 3.05) is 0 Å². The molecule has 0 saturated heterocycles. The van der Waals surface area contributed by atoms with E-state index in [1.54, 1.807) is 6.07 Å². The molecule has 0 fully saturated rings. The fraction of sp³-hybridized carbons (Fsp3) is 0.308. The Hall–Kier alpha value is -1.39. The van der Waals surface area contributed by atoms with Gasteiger partial charge in [0.1, 0.15) is 5.82 Å². The first-order valence-electron chi connectivity index (χ1n) is 5.70. The predicted molar refractivity (Wildman–Crippen MR) is 69.9 cm³/mol. The number of hydrogen-bond donors (Lipinski definition) is 1. The van der Waals surface area contributed by atoms with Crippen LogP contribution in [0, 0.1) is 12.7 Å². The van der Waals surface area contributed by atoms with Crippen molar-refractivity contribution in [2.45, 2.75) is 20.0 Å². The molecule has 0 amide bonds. The maximum absolute atomic E-state index is 12.9. The molecule has 18 heavy (non-hydrogen) atoms. The highest BCUT2D eigenvalue weighted by atomic mass is 35.5. The van der Waals surface area contributed by atoms with E-state index < -0.39 is 0 Å². The average Bonchev–Trinajstić information content (AvgIpc) is 2.61. The zero-order valence-corrected chi connectivity index (χ0v) is 11.1. The summed E-state index contributed by atoms with van der Waals surface area (Å²) >= 11 is 5.95. The second-order valence-electron chi connectivity index (χ2n) is 4.24. The third-order valence-electron chi connectivity index (χ3n) is 2.74. The lowest BCUT2D eigenvalue weighted by Gasteiger charge is -2.07. The maximum Gasteiger partial charge on any atom is 0.124 e. The summed E-state index contributed by atoms with van der Waals surface area (Å²) in [4.78, 5) is 0. The Morgan fingerprint density at radius 2 is 2.11 bits per heavy atom. The fourth-order valence-electron chi connectivity index (χ4n) is 1.82. The van der Waals surface area contributed by atoms with Crippen molar-refractivity contribution in [1.82, 2.24) is 15.1 Å². The molecule has 96 valence electrons. The molecule has 3 nitrogen and oxygen atoms in total. The number of benzene rings is 1. The van der Waals surface area contributed by atoms with Crippen molar-refractivity contribution in [3.05, 3.63) is 52.1 Å². The van der Waals surface area contributed by atoms with Gasteiger partial charge in [-0.1, -0.05) is 17.7 Å². The molecule has 0 atom stereocenters. The normalized spacial score (nSPS) is 10.9. The van der Waals surface area contributed by atoms with Gasteiger partial charge in [-0.3, -0.25) is 4.68 Å². The first kappa shape index (κ1) is 13.1. The zero-order chi connectivity index (χ0) is 13.1. The van der Waals surface area contributed by atoms with Crippen molar-refractivity contribution in [2.24, 2.45) is 7.05 Å². The van der Waals surface area contributed by atoms with Gasteiger partial charge in [0.05, 0.1) is 11.4 Å². The highest BCUT2D eigenvalue weighted by molar-refractivity contribution is 6.31. The smallest absolute Gasteiger partial charge is 0.124 e. The lowest BCUT2D eigenvalue weighted by molar-refractivity contribution is 0.616. The molecule has 0 unspecified atom stereocenters. The molecule has 1 aromatic carbocycles. The number of nitrogens with one attached hydrogen (secondary N) is 1. The van der Waals surface area contributed by atoms with E-state index in [4.69, 9.17) is 11.6 Å². The van der Waals surface area contributed by atoms with Crippen molar-refractivity contribution in [1.29, 1.82) is 0 Å². The Labute approximate surface area is 111 Å². The zero-order valence-electron chi connectivity index (χ0n) is 10.4. The van der Waals surface area contributed by atoms with Gasteiger partial charge in [0.25, 0.3) is 0 Å². The van der Waals surface area contributed by atoms with Crippen LogP contribution in [0.25, 0.3) is 0 Å². The van der Waals surface area contributed by atoms with Gasteiger partial charge in [-0.05, 0) is 30.7 Å². The molecular weight excluding hydrogens is 253 g/mol. The molecule has 1 aromatic heterocycles. The van der Waals surface area contributed by atoms with E-state index >= 15 is 0 Å². The number of aryl methyl sites for hydroxylation is 2. The Bertz CT molecular complexity index is 551. The second kappa shape index (κ2) is 5.50. The highest BCUT2D eigenvalue weighted by Crippen LogP contribution is 2.17. The van der Waals surface area contributed by atoms with Crippen LogP contribution in [0.1, 0.15) is 17.0 Å². The Morgan fingerprint density at radius 1 is 1.33 bits per heavy atom. The van der Waals surface area contributed by atoms with Crippen LogP contribution in [-0.2, 0) is 20.1 Å². The van der Waals surface area contributed by atoms with Gasteiger partial charge in [0.15, 0.2) is 0 Å². The van der Waals surface area contributed by atoms with Crippen LogP contribution >= 0.6 is 11.6 Å². The molecule has 0 aliphatic carbocycles. The summed E-state index contributed by atoms with van der Waals surface area (Å²) in [5.41, 5.74) is 2.98. The van der Waals surface area contributed by atoms with Gasteiger partial charge in [-0.2, -0.15) is 5.10 Å². The first-order chi connectivity index (χ1) is 8.56.